The van der Waals surface area contributed by atoms with Gasteiger partial charge in [-0.2, -0.15) is 11.3 Å². The molecule has 0 saturated heterocycles. The molecule has 1 unspecified atom stereocenters. The smallest absolute Gasteiger partial charge is 0.192 e. The Morgan fingerprint density at radius 2 is 2.15 bits per heavy atom. The second-order valence-corrected chi connectivity index (χ2v) is 7.93. The molecule has 150 valence electrons. The van der Waals surface area contributed by atoms with Crippen molar-refractivity contribution < 1.29 is 5.11 Å². The minimum Gasteiger partial charge on any atom is -0.384 e. The van der Waals surface area contributed by atoms with Crippen LogP contribution in [-0.4, -0.2) is 38.4 Å². The molecule has 0 aliphatic heterocycles. The van der Waals surface area contributed by atoms with E-state index < -0.39 is 5.60 Å². The van der Waals surface area contributed by atoms with Crippen LogP contribution in [0.25, 0.3) is 0 Å². The summed E-state index contributed by atoms with van der Waals surface area (Å²) in [6.07, 6.45) is 4.81. The molecule has 2 aromatic rings. The van der Waals surface area contributed by atoms with E-state index in [0.717, 1.165) is 30.1 Å². The molecule has 1 atom stereocenters. The summed E-state index contributed by atoms with van der Waals surface area (Å²) in [4.78, 5) is 4.68. The average molecular weight is 504 g/mol. The number of hydrogen-bond donors (Lipinski definition) is 3. The minimum absolute atomic E-state index is 0. The molecular formula is C18H29IN6OS. The molecular weight excluding hydrogens is 475 g/mol. The van der Waals surface area contributed by atoms with E-state index in [1.807, 2.05) is 42.3 Å². The Hall–Kier alpha value is -1.20. The minimum atomic E-state index is -0.945. The predicted octanol–water partition coefficient (Wildman–Crippen LogP) is 2.69. The summed E-state index contributed by atoms with van der Waals surface area (Å²) in [5.41, 5.74) is -0.0291. The van der Waals surface area contributed by atoms with Crippen molar-refractivity contribution in [3.05, 3.63) is 34.0 Å². The first-order valence-electron chi connectivity index (χ1n) is 9.10. The van der Waals surface area contributed by atoms with Gasteiger partial charge in [-0.15, -0.1) is 34.2 Å². The summed E-state index contributed by atoms with van der Waals surface area (Å²) >= 11 is 1.59. The second-order valence-electron chi connectivity index (χ2n) is 7.15. The third-order valence-electron chi connectivity index (χ3n) is 5.00. The van der Waals surface area contributed by atoms with E-state index in [1.165, 1.54) is 12.8 Å². The highest BCUT2D eigenvalue weighted by Crippen LogP contribution is 2.22. The summed E-state index contributed by atoms with van der Waals surface area (Å²) in [5, 5.41) is 29.8. The molecule has 0 spiro atoms. The van der Waals surface area contributed by atoms with Crippen molar-refractivity contribution in [2.24, 2.45) is 12.0 Å². The fourth-order valence-corrected chi connectivity index (χ4v) is 3.87. The molecule has 0 amide bonds. The SMILES string of the molecule is Cc1nnc(CN=C(NCC(C)(O)c2ccsc2)NC2CCCC2)n1C.I. The van der Waals surface area contributed by atoms with Crippen molar-refractivity contribution in [2.45, 2.75) is 57.7 Å². The van der Waals surface area contributed by atoms with Gasteiger partial charge >= 0.3 is 0 Å². The normalized spacial score (nSPS) is 17.4. The molecule has 1 fully saturated rings. The second kappa shape index (κ2) is 9.83. The Labute approximate surface area is 181 Å². The van der Waals surface area contributed by atoms with Gasteiger partial charge in [0.05, 0.1) is 6.54 Å². The summed E-state index contributed by atoms with van der Waals surface area (Å²) in [6.45, 7) is 4.58. The Balaban J connectivity index is 0.00000261. The monoisotopic (exact) mass is 504 g/mol. The molecule has 0 bridgehead atoms. The number of nitrogens with one attached hydrogen (secondary N) is 2. The zero-order valence-corrected chi connectivity index (χ0v) is 19.3. The van der Waals surface area contributed by atoms with Crippen LogP contribution >= 0.6 is 35.3 Å². The maximum atomic E-state index is 10.8. The van der Waals surface area contributed by atoms with Gasteiger partial charge in [0.1, 0.15) is 18.0 Å². The van der Waals surface area contributed by atoms with Gasteiger partial charge in [-0.1, -0.05) is 12.8 Å². The van der Waals surface area contributed by atoms with Crippen LogP contribution in [0.1, 0.15) is 49.8 Å². The van der Waals surface area contributed by atoms with Gasteiger partial charge in [0, 0.05) is 13.1 Å². The van der Waals surface area contributed by atoms with E-state index in [2.05, 4.69) is 25.8 Å². The number of aryl methyl sites for hydroxylation is 1. The van der Waals surface area contributed by atoms with Gasteiger partial charge in [-0.05, 0) is 49.1 Å². The number of nitrogens with zero attached hydrogens (tertiary/aromatic N) is 4. The van der Waals surface area contributed by atoms with E-state index in [-0.39, 0.29) is 24.0 Å². The van der Waals surface area contributed by atoms with E-state index in [1.54, 1.807) is 11.3 Å². The topological polar surface area (TPSA) is 87.4 Å². The third-order valence-corrected chi connectivity index (χ3v) is 5.68. The van der Waals surface area contributed by atoms with Crippen molar-refractivity contribution in [2.75, 3.05) is 6.54 Å². The molecule has 27 heavy (non-hydrogen) atoms. The third kappa shape index (κ3) is 5.89. The van der Waals surface area contributed by atoms with Crippen LogP contribution in [0.4, 0.5) is 0 Å². The first-order chi connectivity index (χ1) is 12.5. The zero-order valence-electron chi connectivity index (χ0n) is 16.1. The number of halogens is 1. The Bertz CT molecular complexity index is 737. The van der Waals surface area contributed by atoms with Crippen LogP contribution in [0, 0.1) is 6.92 Å². The fraction of sp³-hybridized carbons (Fsp3) is 0.611. The lowest BCUT2D eigenvalue weighted by molar-refractivity contribution is 0.0621. The highest BCUT2D eigenvalue weighted by molar-refractivity contribution is 14.0. The van der Waals surface area contributed by atoms with Crippen LogP contribution in [0.5, 0.6) is 0 Å². The van der Waals surface area contributed by atoms with Crippen LogP contribution in [0.2, 0.25) is 0 Å². The number of rotatable bonds is 6. The number of aromatic nitrogens is 3. The van der Waals surface area contributed by atoms with E-state index in [0.29, 0.717) is 25.1 Å². The lowest BCUT2D eigenvalue weighted by atomic mass is 9.99. The average Bonchev–Trinajstić information content (AvgIpc) is 3.36. The predicted molar refractivity (Wildman–Crippen MR) is 120 cm³/mol. The van der Waals surface area contributed by atoms with E-state index in [4.69, 9.17) is 0 Å². The highest BCUT2D eigenvalue weighted by atomic mass is 127. The lowest BCUT2D eigenvalue weighted by Crippen LogP contribution is -2.47. The zero-order chi connectivity index (χ0) is 18.6. The first kappa shape index (κ1) is 22.1. The molecule has 3 N–H and O–H groups in total. The summed E-state index contributed by atoms with van der Waals surface area (Å²) < 4.78 is 1.94. The van der Waals surface area contributed by atoms with Crippen LogP contribution in [0.3, 0.4) is 0 Å². The van der Waals surface area contributed by atoms with Gasteiger partial charge in [-0.25, -0.2) is 4.99 Å². The number of aliphatic imine (C=N–C) groups is 1. The van der Waals surface area contributed by atoms with Gasteiger partial charge < -0.3 is 20.3 Å². The summed E-state index contributed by atoms with van der Waals surface area (Å²) in [6, 6.07) is 2.39. The van der Waals surface area contributed by atoms with Crippen molar-refractivity contribution in [3.63, 3.8) is 0 Å². The number of guanidine groups is 1. The highest BCUT2D eigenvalue weighted by Gasteiger charge is 2.24. The number of hydrogen-bond acceptors (Lipinski definition) is 5. The standard InChI is InChI=1S/C18H28N6OS.HI/c1-13-22-23-16(24(13)3)10-19-17(21-15-6-4-5-7-15)20-12-18(2,25)14-8-9-26-11-14;/h8-9,11,15,25H,4-7,10,12H2,1-3H3,(H2,19,20,21);1H. The molecule has 1 aliphatic carbocycles. The molecule has 1 aliphatic rings. The Kier molecular flexibility index (Phi) is 8.04. The molecule has 2 heterocycles. The fourth-order valence-electron chi connectivity index (χ4n) is 3.08. The lowest BCUT2D eigenvalue weighted by Gasteiger charge is -2.25. The Morgan fingerprint density at radius 1 is 1.41 bits per heavy atom. The van der Waals surface area contributed by atoms with Crippen molar-refractivity contribution in [3.8, 4) is 0 Å². The van der Waals surface area contributed by atoms with E-state index in [9.17, 15) is 5.11 Å². The van der Waals surface area contributed by atoms with Gasteiger partial charge in [0.15, 0.2) is 11.8 Å². The van der Waals surface area contributed by atoms with Gasteiger partial charge in [0.25, 0.3) is 0 Å². The van der Waals surface area contributed by atoms with Crippen molar-refractivity contribution in [1.82, 2.24) is 25.4 Å². The molecule has 2 aromatic heterocycles. The molecule has 9 heteroatoms. The summed E-state index contributed by atoms with van der Waals surface area (Å²) in [7, 11) is 1.94. The number of thiophene rings is 1. The molecule has 0 radical (unpaired) electrons. The molecule has 7 nitrogen and oxygen atoms in total. The van der Waals surface area contributed by atoms with Gasteiger partial charge in [0.2, 0.25) is 0 Å². The molecule has 3 rings (SSSR count). The largest absolute Gasteiger partial charge is 0.384 e. The van der Waals surface area contributed by atoms with E-state index >= 15 is 0 Å². The molecule has 1 saturated carbocycles. The van der Waals surface area contributed by atoms with Gasteiger partial charge in [-0.3, -0.25) is 0 Å². The molecule has 0 aromatic carbocycles. The van der Waals surface area contributed by atoms with Crippen molar-refractivity contribution >= 4 is 41.3 Å². The van der Waals surface area contributed by atoms with Crippen LogP contribution < -0.4 is 10.6 Å². The number of aliphatic hydroxyl groups is 1. The Morgan fingerprint density at radius 3 is 2.74 bits per heavy atom. The van der Waals surface area contributed by atoms with Crippen LogP contribution in [-0.2, 0) is 19.2 Å². The maximum absolute atomic E-state index is 10.8. The first-order valence-corrected chi connectivity index (χ1v) is 10.0. The van der Waals surface area contributed by atoms with Crippen LogP contribution in [0.15, 0.2) is 21.8 Å². The maximum Gasteiger partial charge on any atom is 0.192 e. The quantitative estimate of drug-likeness (QED) is 0.320. The van der Waals surface area contributed by atoms with Crippen molar-refractivity contribution in [1.29, 1.82) is 0 Å². The summed E-state index contributed by atoms with van der Waals surface area (Å²) in [5.74, 6) is 2.40.